The first-order valence-corrected chi connectivity index (χ1v) is 7.55. The molecule has 3 nitrogen and oxygen atoms in total. The van der Waals surface area contributed by atoms with Crippen LogP contribution in [0.2, 0.25) is 0 Å². The second-order valence-electron chi connectivity index (χ2n) is 4.74. The summed E-state index contributed by atoms with van der Waals surface area (Å²) in [7, 11) is 0. The number of thiocarbonyl (C=S) groups is 1. The van der Waals surface area contributed by atoms with E-state index in [1.54, 1.807) is 0 Å². The normalized spacial score (nSPS) is 19.9. The third-order valence-corrected chi connectivity index (χ3v) is 4.47. The number of hydrogen-bond donors (Lipinski definition) is 1. The highest BCUT2D eigenvalue weighted by molar-refractivity contribution is 7.98. The van der Waals surface area contributed by atoms with Gasteiger partial charge in [-0.3, -0.25) is 9.80 Å². The Morgan fingerprint density at radius 3 is 2.31 bits per heavy atom. The molecule has 0 aromatic carbocycles. The van der Waals surface area contributed by atoms with Crippen molar-refractivity contribution in [1.29, 1.82) is 0 Å². The summed E-state index contributed by atoms with van der Waals surface area (Å²) in [4.78, 5) is 5.51. The van der Waals surface area contributed by atoms with Gasteiger partial charge in [-0.25, -0.2) is 0 Å². The summed E-state index contributed by atoms with van der Waals surface area (Å²) >= 11 is 7.04. The van der Waals surface area contributed by atoms with Crippen LogP contribution in [-0.2, 0) is 0 Å². The summed E-state index contributed by atoms with van der Waals surface area (Å²) in [6, 6.07) is 0. The van der Waals surface area contributed by atoms with Crippen LogP contribution in [0.25, 0.3) is 0 Å². The van der Waals surface area contributed by atoms with Crippen molar-refractivity contribution < 1.29 is 0 Å². The number of piperazine rings is 1. The summed E-state index contributed by atoms with van der Waals surface area (Å²) < 4.78 is 0. The zero-order chi connectivity index (χ0) is 12.2. The summed E-state index contributed by atoms with van der Waals surface area (Å²) in [5.74, 6) is 1.22. The van der Waals surface area contributed by atoms with E-state index in [1.165, 1.54) is 12.3 Å². The third kappa shape index (κ3) is 3.58. The molecule has 0 aromatic heterocycles. The van der Waals surface area contributed by atoms with Gasteiger partial charge in [0.2, 0.25) is 0 Å². The van der Waals surface area contributed by atoms with Crippen molar-refractivity contribution in [3.05, 3.63) is 0 Å². The van der Waals surface area contributed by atoms with Crippen molar-refractivity contribution in [2.75, 3.05) is 44.7 Å². The highest BCUT2D eigenvalue weighted by Gasteiger charge is 2.31. The zero-order valence-electron chi connectivity index (χ0n) is 10.5. The molecule has 0 amide bonds. The topological polar surface area (TPSA) is 32.5 Å². The molecule has 16 heavy (non-hydrogen) atoms. The summed E-state index contributed by atoms with van der Waals surface area (Å²) in [6.07, 6.45) is 2.16. The Morgan fingerprint density at radius 1 is 1.31 bits per heavy atom. The summed E-state index contributed by atoms with van der Waals surface area (Å²) in [5, 5.41) is 0. The predicted molar refractivity (Wildman–Crippen MR) is 77.3 cm³/mol. The molecule has 94 valence electrons. The van der Waals surface area contributed by atoms with Gasteiger partial charge in [-0.15, -0.1) is 0 Å². The molecule has 0 unspecified atom stereocenters. The van der Waals surface area contributed by atoms with E-state index >= 15 is 0 Å². The molecule has 5 heteroatoms. The lowest BCUT2D eigenvalue weighted by Crippen LogP contribution is -2.59. The Balaban J connectivity index is 2.40. The Morgan fingerprint density at radius 2 is 1.88 bits per heavy atom. The Bertz CT molecular complexity index is 235. The number of nitrogens with two attached hydrogens (primary N) is 1. The second-order valence-corrected chi connectivity index (χ2v) is 6.17. The van der Waals surface area contributed by atoms with Gasteiger partial charge >= 0.3 is 0 Å². The number of nitrogens with zero attached hydrogens (tertiary/aromatic N) is 2. The van der Waals surface area contributed by atoms with Gasteiger partial charge in [0.05, 0.1) is 10.5 Å². The molecule has 0 atom stereocenters. The van der Waals surface area contributed by atoms with E-state index in [-0.39, 0.29) is 5.54 Å². The summed E-state index contributed by atoms with van der Waals surface area (Å²) in [6.45, 7) is 9.83. The molecule has 1 aliphatic heterocycles. The molecule has 1 rings (SSSR count). The van der Waals surface area contributed by atoms with Crippen LogP contribution in [0, 0.1) is 0 Å². The van der Waals surface area contributed by atoms with E-state index in [9.17, 15) is 0 Å². The number of rotatable bonds is 5. The van der Waals surface area contributed by atoms with E-state index in [0.29, 0.717) is 4.99 Å². The molecule has 0 aliphatic carbocycles. The first-order chi connectivity index (χ1) is 7.48. The van der Waals surface area contributed by atoms with Crippen molar-refractivity contribution in [1.82, 2.24) is 9.80 Å². The standard InChI is InChI=1S/C11H23N3S2/c1-11(2,10(12)15)14-6-4-13(5-7-14)8-9-16-3/h4-9H2,1-3H3,(H2,12,15). The van der Waals surface area contributed by atoms with Crippen LogP contribution < -0.4 is 5.73 Å². The van der Waals surface area contributed by atoms with E-state index in [4.69, 9.17) is 18.0 Å². The maximum absolute atomic E-state index is 5.79. The number of thioether (sulfide) groups is 1. The fourth-order valence-electron chi connectivity index (χ4n) is 1.91. The third-order valence-electron chi connectivity index (χ3n) is 3.38. The molecule has 1 heterocycles. The van der Waals surface area contributed by atoms with Gasteiger partial charge in [-0.1, -0.05) is 12.2 Å². The average Bonchev–Trinajstić information content (AvgIpc) is 2.26. The highest BCUT2D eigenvalue weighted by Crippen LogP contribution is 2.17. The van der Waals surface area contributed by atoms with Crippen LogP contribution in [0.1, 0.15) is 13.8 Å². The minimum absolute atomic E-state index is 0.138. The lowest BCUT2D eigenvalue weighted by molar-refractivity contribution is 0.0897. The molecule has 1 fully saturated rings. The molecule has 1 aliphatic rings. The molecule has 1 saturated heterocycles. The fraction of sp³-hybridized carbons (Fsp3) is 0.909. The lowest BCUT2D eigenvalue weighted by atomic mass is 10.0. The Kier molecular flexibility index (Phi) is 5.50. The summed E-state index contributed by atoms with van der Waals surface area (Å²) in [5.41, 5.74) is 5.65. The minimum Gasteiger partial charge on any atom is -0.392 e. The van der Waals surface area contributed by atoms with Gasteiger partial charge in [-0.05, 0) is 20.1 Å². The predicted octanol–water partition coefficient (Wildman–Crippen LogP) is 1.03. The van der Waals surface area contributed by atoms with E-state index in [0.717, 1.165) is 26.2 Å². The average molecular weight is 261 g/mol. The molecule has 2 N–H and O–H groups in total. The maximum atomic E-state index is 5.79. The van der Waals surface area contributed by atoms with Gasteiger partial charge in [0.25, 0.3) is 0 Å². The van der Waals surface area contributed by atoms with Gasteiger partial charge in [0.15, 0.2) is 0 Å². The van der Waals surface area contributed by atoms with Gasteiger partial charge in [0, 0.05) is 38.5 Å². The van der Waals surface area contributed by atoms with Crippen molar-refractivity contribution in [3.8, 4) is 0 Å². The largest absolute Gasteiger partial charge is 0.392 e. The zero-order valence-corrected chi connectivity index (χ0v) is 12.2. The fourth-order valence-corrected chi connectivity index (χ4v) is 2.48. The van der Waals surface area contributed by atoms with Crippen molar-refractivity contribution in [2.24, 2.45) is 5.73 Å². The van der Waals surface area contributed by atoms with Crippen LogP contribution in [0.5, 0.6) is 0 Å². The van der Waals surface area contributed by atoms with Gasteiger partial charge < -0.3 is 5.73 Å². The van der Waals surface area contributed by atoms with E-state index < -0.39 is 0 Å². The molecule has 0 spiro atoms. The van der Waals surface area contributed by atoms with E-state index in [1.807, 2.05) is 11.8 Å². The Hall–Kier alpha value is 0.160. The van der Waals surface area contributed by atoms with E-state index in [2.05, 4.69) is 29.9 Å². The van der Waals surface area contributed by atoms with Crippen molar-refractivity contribution in [3.63, 3.8) is 0 Å². The van der Waals surface area contributed by atoms with Crippen molar-refractivity contribution >= 4 is 29.0 Å². The Labute approximate surface area is 109 Å². The smallest absolute Gasteiger partial charge is 0.0928 e. The molecular weight excluding hydrogens is 238 g/mol. The second kappa shape index (κ2) is 6.19. The van der Waals surface area contributed by atoms with Crippen LogP contribution in [0.3, 0.4) is 0 Å². The molecule has 0 radical (unpaired) electrons. The van der Waals surface area contributed by atoms with Gasteiger partial charge in [-0.2, -0.15) is 11.8 Å². The first-order valence-electron chi connectivity index (χ1n) is 5.74. The SMILES string of the molecule is CSCCN1CCN(C(C)(C)C(N)=S)CC1. The van der Waals surface area contributed by atoms with Crippen LogP contribution in [0.15, 0.2) is 0 Å². The monoisotopic (exact) mass is 261 g/mol. The molecule has 0 saturated carbocycles. The quantitative estimate of drug-likeness (QED) is 0.748. The van der Waals surface area contributed by atoms with Crippen LogP contribution >= 0.6 is 24.0 Å². The van der Waals surface area contributed by atoms with Crippen LogP contribution in [-0.4, -0.2) is 65.1 Å². The highest BCUT2D eigenvalue weighted by atomic mass is 32.2. The van der Waals surface area contributed by atoms with Gasteiger partial charge in [0.1, 0.15) is 0 Å². The molecular formula is C11H23N3S2. The van der Waals surface area contributed by atoms with Crippen LogP contribution in [0.4, 0.5) is 0 Å². The lowest BCUT2D eigenvalue weighted by Gasteiger charge is -2.43. The van der Waals surface area contributed by atoms with Crippen molar-refractivity contribution in [2.45, 2.75) is 19.4 Å². The molecule has 0 aromatic rings. The molecule has 0 bridgehead atoms. The number of hydrogen-bond acceptors (Lipinski definition) is 4. The first kappa shape index (κ1) is 14.2. The minimum atomic E-state index is -0.138. The maximum Gasteiger partial charge on any atom is 0.0928 e.